The molecule has 0 spiro atoms. The van der Waals surface area contributed by atoms with Crippen LogP contribution in [0.5, 0.6) is 5.75 Å². The number of aryl methyl sites for hydroxylation is 2. The normalized spacial score (nSPS) is 10.2. The molecule has 0 aromatic heterocycles. The Bertz CT molecular complexity index is 418. The highest BCUT2D eigenvalue weighted by atomic mass is 32.1. The molecule has 0 unspecified atom stereocenters. The smallest absolute Gasteiger partial charge is 0.227 e. The van der Waals surface area contributed by atoms with Crippen molar-refractivity contribution < 1.29 is 9.53 Å². The quantitative estimate of drug-likeness (QED) is 0.836. The molecule has 1 aromatic rings. The summed E-state index contributed by atoms with van der Waals surface area (Å²) < 4.78 is 5.25. The minimum atomic E-state index is 0.0765. The van der Waals surface area contributed by atoms with E-state index in [1.165, 1.54) is 0 Å². The van der Waals surface area contributed by atoms with Gasteiger partial charge >= 0.3 is 0 Å². The van der Waals surface area contributed by atoms with Crippen LogP contribution < -0.4 is 9.64 Å². The number of nitrogens with zero attached hydrogens (tertiary/aromatic N) is 1. The molecule has 0 saturated carbocycles. The van der Waals surface area contributed by atoms with Gasteiger partial charge in [0.15, 0.2) is 0 Å². The van der Waals surface area contributed by atoms with Crippen LogP contribution in [0.1, 0.15) is 17.5 Å². The minimum absolute atomic E-state index is 0.0765. The lowest BCUT2D eigenvalue weighted by Gasteiger charge is -2.21. The number of hydrogen-bond donors (Lipinski definition) is 1. The van der Waals surface area contributed by atoms with E-state index >= 15 is 0 Å². The third kappa shape index (κ3) is 3.16. The van der Waals surface area contributed by atoms with Gasteiger partial charge in [-0.15, -0.1) is 0 Å². The second kappa shape index (κ2) is 5.96. The number of carbonyl (C=O) groups excluding carboxylic acids is 1. The summed E-state index contributed by atoms with van der Waals surface area (Å²) >= 11 is 4.08. The van der Waals surface area contributed by atoms with E-state index in [4.69, 9.17) is 4.74 Å². The summed E-state index contributed by atoms with van der Waals surface area (Å²) in [5, 5.41) is 0. The van der Waals surface area contributed by atoms with Crippen molar-refractivity contribution in [3.8, 4) is 5.75 Å². The lowest BCUT2D eigenvalue weighted by Crippen LogP contribution is -2.27. The maximum atomic E-state index is 11.8. The Morgan fingerprint density at radius 1 is 1.35 bits per heavy atom. The number of hydrogen-bond acceptors (Lipinski definition) is 3. The Labute approximate surface area is 108 Å². The molecule has 3 nitrogen and oxygen atoms in total. The van der Waals surface area contributed by atoms with Gasteiger partial charge in [-0.1, -0.05) is 0 Å². The second-order valence-electron chi connectivity index (χ2n) is 4.03. The lowest BCUT2D eigenvalue weighted by molar-refractivity contribution is -0.117. The van der Waals surface area contributed by atoms with Crippen LogP contribution in [0.25, 0.3) is 0 Å². The van der Waals surface area contributed by atoms with E-state index in [0.717, 1.165) is 22.6 Å². The van der Waals surface area contributed by atoms with E-state index in [-0.39, 0.29) is 5.91 Å². The fourth-order valence-electron chi connectivity index (χ4n) is 1.75. The van der Waals surface area contributed by atoms with Crippen LogP contribution in [0, 0.1) is 13.8 Å². The molecule has 1 amide bonds. The summed E-state index contributed by atoms with van der Waals surface area (Å²) in [6.07, 6.45) is 0.449. The van der Waals surface area contributed by atoms with Crippen molar-refractivity contribution in [3.63, 3.8) is 0 Å². The standard InChI is InChI=1S/C13H19NO2S/c1-9-8-12(16-4)10(2)7-11(9)14(3)13(15)5-6-17/h7-8,17H,5-6H2,1-4H3. The van der Waals surface area contributed by atoms with Crippen LogP contribution in [0.2, 0.25) is 0 Å². The number of benzene rings is 1. The van der Waals surface area contributed by atoms with Crippen molar-refractivity contribution in [2.24, 2.45) is 0 Å². The third-order valence-electron chi connectivity index (χ3n) is 2.77. The second-order valence-corrected chi connectivity index (χ2v) is 4.48. The number of methoxy groups -OCH3 is 1. The first kappa shape index (κ1) is 13.9. The Morgan fingerprint density at radius 3 is 2.53 bits per heavy atom. The molecule has 1 rings (SSSR count). The van der Waals surface area contributed by atoms with E-state index in [1.807, 2.05) is 26.0 Å². The molecule has 0 heterocycles. The molecule has 94 valence electrons. The maximum absolute atomic E-state index is 11.8. The Kier molecular flexibility index (Phi) is 4.87. The Morgan fingerprint density at radius 2 is 2.00 bits per heavy atom. The minimum Gasteiger partial charge on any atom is -0.496 e. The van der Waals surface area contributed by atoms with Crippen molar-refractivity contribution in [1.29, 1.82) is 0 Å². The molecule has 0 aliphatic rings. The number of thiol groups is 1. The molecule has 0 aliphatic carbocycles. The first-order valence-electron chi connectivity index (χ1n) is 5.54. The summed E-state index contributed by atoms with van der Waals surface area (Å²) in [4.78, 5) is 13.5. The molecule has 0 N–H and O–H groups in total. The van der Waals surface area contributed by atoms with Gasteiger partial charge in [0.1, 0.15) is 5.75 Å². The molecule has 0 fully saturated rings. The molecular weight excluding hydrogens is 234 g/mol. The zero-order valence-electron chi connectivity index (χ0n) is 10.8. The van der Waals surface area contributed by atoms with Gasteiger partial charge in [0.2, 0.25) is 5.91 Å². The molecule has 1 aromatic carbocycles. The van der Waals surface area contributed by atoms with Gasteiger partial charge in [-0.2, -0.15) is 12.6 Å². The topological polar surface area (TPSA) is 29.5 Å². The van der Waals surface area contributed by atoms with Gasteiger partial charge in [-0.05, 0) is 42.9 Å². The van der Waals surface area contributed by atoms with Gasteiger partial charge in [0, 0.05) is 19.2 Å². The van der Waals surface area contributed by atoms with Gasteiger partial charge in [-0.25, -0.2) is 0 Å². The summed E-state index contributed by atoms with van der Waals surface area (Å²) in [6.45, 7) is 3.94. The van der Waals surface area contributed by atoms with Gasteiger partial charge < -0.3 is 9.64 Å². The molecule has 17 heavy (non-hydrogen) atoms. The number of rotatable bonds is 4. The van der Waals surface area contributed by atoms with E-state index in [1.54, 1.807) is 19.1 Å². The summed E-state index contributed by atoms with van der Waals surface area (Å²) in [5.74, 6) is 1.49. The molecule has 4 heteroatoms. The molecule has 0 radical (unpaired) electrons. The lowest BCUT2D eigenvalue weighted by atomic mass is 10.1. The first-order chi connectivity index (χ1) is 8.01. The predicted octanol–water partition coefficient (Wildman–Crippen LogP) is 2.59. The fraction of sp³-hybridized carbons (Fsp3) is 0.462. The molecule has 0 atom stereocenters. The first-order valence-corrected chi connectivity index (χ1v) is 6.17. The fourth-order valence-corrected chi connectivity index (χ4v) is 1.94. The highest BCUT2D eigenvalue weighted by Crippen LogP contribution is 2.28. The average molecular weight is 253 g/mol. The number of amides is 1. The predicted molar refractivity (Wildman–Crippen MR) is 74.3 cm³/mol. The monoisotopic (exact) mass is 253 g/mol. The highest BCUT2D eigenvalue weighted by Gasteiger charge is 2.14. The number of ether oxygens (including phenoxy) is 1. The summed E-state index contributed by atoms with van der Waals surface area (Å²) in [5.41, 5.74) is 2.98. The molecular formula is C13H19NO2S. The van der Waals surface area contributed by atoms with Crippen molar-refractivity contribution in [2.75, 3.05) is 24.8 Å². The van der Waals surface area contributed by atoms with Crippen molar-refractivity contribution in [3.05, 3.63) is 23.3 Å². The highest BCUT2D eigenvalue weighted by molar-refractivity contribution is 7.80. The van der Waals surface area contributed by atoms with Crippen LogP contribution in [-0.2, 0) is 4.79 Å². The van der Waals surface area contributed by atoms with E-state index in [2.05, 4.69) is 12.6 Å². The van der Waals surface area contributed by atoms with Crippen molar-refractivity contribution in [1.82, 2.24) is 0 Å². The maximum Gasteiger partial charge on any atom is 0.227 e. The Hall–Kier alpha value is -1.16. The van der Waals surface area contributed by atoms with Crippen LogP contribution in [0.3, 0.4) is 0 Å². The number of carbonyl (C=O) groups is 1. The SMILES string of the molecule is COc1cc(C)c(N(C)C(=O)CCS)cc1C. The zero-order valence-corrected chi connectivity index (χ0v) is 11.7. The van der Waals surface area contributed by atoms with Crippen LogP contribution >= 0.6 is 12.6 Å². The third-order valence-corrected chi connectivity index (χ3v) is 3.00. The summed E-state index contributed by atoms with van der Waals surface area (Å²) in [7, 11) is 3.44. The van der Waals surface area contributed by atoms with Gasteiger partial charge in [-0.3, -0.25) is 4.79 Å². The van der Waals surface area contributed by atoms with Gasteiger partial charge in [0.05, 0.1) is 7.11 Å². The number of anilines is 1. The van der Waals surface area contributed by atoms with Crippen molar-refractivity contribution >= 4 is 24.2 Å². The largest absolute Gasteiger partial charge is 0.496 e. The van der Waals surface area contributed by atoms with Crippen molar-refractivity contribution in [2.45, 2.75) is 20.3 Å². The van der Waals surface area contributed by atoms with E-state index in [0.29, 0.717) is 12.2 Å². The molecule has 0 saturated heterocycles. The molecule has 0 aliphatic heterocycles. The van der Waals surface area contributed by atoms with Gasteiger partial charge in [0.25, 0.3) is 0 Å². The van der Waals surface area contributed by atoms with E-state index < -0.39 is 0 Å². The Balaban J connectivity index is 3.06. The molecule has 0 bridgehead atoms. The zero-order chi connectivity index (χ0) is 13.0. The summed E-state index contributed by atoms with van der Waals surface area (Å²) in [6, 6.07) is 3.93. The van der Waals surface area contributed by atoms with Crippen LogP contribution in [0.4, 0.5) is 5.69 Å². The average Bonchev–Trinajstić information content (AvgIpc) is 2.31. The van der Waals surface area contributed by atoms with Crippen LogP contribution in [0.15, 0.2) is 12.1 Å². The van der Waals surface area contributed by atoms with Crippen LogP contribution in [-0.4, -0.2) is 25.8 Å². The van der Waals surface area contributed by atoms with E-state index in [9.17, 15) is 4.79 Å².